The largest absolute Gasteiger partial charge is 0.362 e. The van der Waals surface area contributed by atoms with Crippen molar-refractivity contribution in [3.8, 4) is 0 Å². The van der Waals surface area contributed by atoms with Crippen LogP contribution < -0.4 is 4.90 Å². The first-order valence-corrected chi connectivity index (χ1v) is 6.90. The molecule has 0 aromatic heterocycles. The van der Waals surface area contributed by atoms with E-state index in [2.05, 4.69) is 0 Å². The van der Waals surface area contributed by atoms with Gasteiger partial charge < -0.3 is 4.74 Å². The summed E-state index contributed by atoms with van der Waals surface area (Å²) in [5.74, 6) is -1.18. The molecule has 0 spiro atoms. The monoisotopic (exact) mass is 289 g/mol. The van der Waals surface area contributed by atoms with E-state index in [0.29, 0.717) is 10.7 Å². The van der Waals surface area contributed by atoms with Crippen LogP contribution in [0.4, 0.5) is 5.69 Å². The molecule has 4 atom stereocenters. The minimum Gasteiger partial charge on any atom is -0.362 e. The predicted octanol–water partition coefficient (Wildman–Crippen LogP) is 2.17. The van der Waals surface area contributed by atoms with Gasteiger partial charge in [0.1, 0.15) is 0 Å². The van der Waals surface area contributed by atoms with Crippen LogP contribution in [0.5, 0.6) is 0 Å². The summed E-state index contributed by atoms with van der Waals surface area (Å²) in [7, 11) is 0. The van der Waals surface area contributed by atoms with Crippen molar-refractivity contribution in [3.05, 3.63) is 41.4 Å². The molecule has 3 aliphatic heterocycles. The molecule has 102 valence electrons. The summed E-state index contributed by atoms with van der Waals surface area (Å²) < 4.78 is 5.77. The molecule has 2 bridgehead atoms. The number of carbonyl (C=O) groups excluding carboxylic acids is 2. The number of rotatable bonds is 1. The molecule has 5 heteroatoms. The van der Waals surface area contributed by atoms with Gasteiger partial charge in [-0.1, -0.05) is 23.8 Å². The molecule has 0 radical (unpaired) electrons. The number of hydrogen-bond donors (Lipinski definition) is 0. The summed E-state index contributed by atoms with van der Waals surface area (Å²) in [5.41, 5.74) is -0.0784. The number of anilines is 1. The Hall–Kier alpha value is -1.65. The highest BCUT2D eigenvalue weighted by molar-refractivity contribution is 6.31. The molecule has 3 aliphatic rings. The molecule has 20 heavy (non-hydrogen) atoms. The molecule has 2 amide bonds. The molecule has 2 fully saturated rings. The predicted molar refractivity (Wildman–Crippen MR) is 73.3 cm³/mol. The fourth-order valence-electron chi connectivity index (χ4n) is 3.50. The van der Waals surface area contributed by atoms with Crippen molar-refractivity contribution >= 4 is 29.1 Å². The zero-order valence-electron chi connectivity index (χ0n) is 10.7. The summed E-state index contributed by atoms with van der Waals surface area (Å²) in [4.78, 5) is 26.5. The molecular weight excluding hydrogens is 278 g/mol. The van der Waals surface area contributed by atoms with Crippen LogP contribution in [-0.4, -0.2) is 23.5 Å². The number of ether oxygens (including phenoxy) is 1. The number of hydrogen-bond acceptors (Lipinski definition) is 3. The summed E-state index contributed by atoms with van der Waals surface area (Å²) in [5, 5.41) is 0.574. The Balaban J connectivity index is 1.77. The van der Waals surface area contributed by atoms with E-state index < -0.39 is 17.4 Å². The normalized spacial score (nSPS) is 37.9. The average Bonchev–Trinajstić information content (AvgIpc) is 3.01. The third kappa shape index (κ3) is 1.35. The molecule has 1 aromatic rings. The Morgan fingerprint density at radius 3 is 2.55 bits per heavy atom. The van der Waals surface area contributed by atoms with E-state index in [9.17, 15) is 9.59 Å². The van der Waals surface area contributed by atoms with Crippen LogP contribution in [0.1, 0.15) is 6.92 Å². The van der Waals surface area contributed by atoms with Crippen LogP contribution in [0, 0.1) is 11.8 Å². The Kier molecular flexibility index (Phi) is 2.25. The van der Waals surface area contributed by atoms with Crippen LogP contribution in [0.2, 0.25) is 5.02 Å². The minimum absolute atomic E-state index is 0.180. The maximum absolute atomic E-state index is 12.6. The van der Waals surface area contributed by atoms with Gasteiger partial charge in [0.05, 0.1) is 29.2 Å². The van der Waals surface area contributed by atoms with Crippen LogP contribution in [0.25, 0.3) is 0 Å². The molecular formula is C15H12ClNO3. The zero-order chi connectivity index (χ0) is 14.1. The Bertz CT molecular complexity index is 654. The highest BCUT2D eigenvalue weighted by Gasteiger charge is 2.65. The molecule has 2 saturated heterocycles. The van der Waals surface area contributed by atoms with E-state index >= 15 is 0 Å². The second-order valence-corrected chi connectivity index (χ2v) is 6.05. The smallest absolute Gasteiger partial charge is 0.241 e. The fraction of sp³-hybridized carbons (Fsp3) is 0.333. The molecule has 4 nitrogen and oxygen atoms in total. The average molecular weight is 290 g/mol. The molecule has 0 saturated carbocycles. The lowest BCUT2D eigenvalue weighted by molar-refractivity contribution is -0.126. The second kappa shape index (κ2) is 3.71. The summed E-state index contributed by atoms with van der Waals surface area (Å²) in [6.07, 6.45) is 3.51. The second-order valence-electron chi connectivity index (χ2n) is 5.62. The zero-order valence-corrected chi connectivity index (χ0v) is 11.5. The molecule has 4 rings (SSSR count). The lowest BCUT2D eigenvalue weighted by Crippen LogP contribution is -2.38. The molecule has 0 N–H and O–H groups in total. The Morgan fingerprint density at radius 1 is 1.20 bits per heavy atom. The van der Waals surface area contributed by atoms with Gasteiger partial charge in [0.15, 0.2) is 0 Å². The van der Waals surface area contributed by atoms with Gasteiger partial charge in [-0.15, -0.1) is 0 Å². The Morgan fingerprint density at radius 2 is 1.90 bits per heavy atom. The van der Waals surface area contributed by atoms with Crippen molar-refractivity contribution in [1.82, 2.24) is 0 Å². The van der Waals surface area contributed by atoms with Crippen molar-refractivity contribution in [1.29, 1.82) is 0 Å². The number of nitrogens with zero attached hydrogens (tertiary/aromatic N) is 1. The van der Waals surface area contributed by atoms with E-state index in [4.69, 9.17) is 16.3 Å². The minimum atomic E-state index is -0.650. The standard InChI is InChI=1S/C15H12ClNO3/c1-15-7-6-10(20-15)11-12(15)14(19)17(13(11)18)9-4-2-8(16)3-5-9/h2-7,10-12H,1H3/t10-,11-,12+,15-/m0/s1. The van der Waals surface area contributed by atoms with E-state index in [-0.39, 0.29) is 17.9 Å². The first-order chi connectivity index (χ1) is 9.51. The number of benzene rings is 1. The maximum Gasteiger partial charge on any atom is 0.241 e. The number of imide groups is 1. The van der Waals surface area contributed by atoms with Gasteiger partial charge >= 0.3 is 0 Å². The van der Waals surface area contributed by atoms with Gasteiger partial charge in [0.2, 0.25) is 11.8 Å². The quantitative estimate of drug-likeness (QED) is 0.588. The third-order valence-electron chi connectivity index (χ3n) is 4.41. The van der Waals surface area contributed by atoms with Crippen molar-refractivity contribution in [2.45, 2.75) is 18.6 Å². The van der Waals surface area contributed by atoms with Gasteiger partial charge in [-0.25, -0.2) is 4.90 Å². The first-order valence-electron chi connectivity index (χ1n) is 6.52. The summed E-state index contributed by atoms with van der Waals surface area (Å²) in [6.45, 7) is 1.87. The van der Waals surface area contributed by atoms with Crippen LogP contribution in [-0.2, 0) is 14.3 Å². The van der Waals surface area contributed by atoms with Crippen molar-refractivity contribution < 1.29 is 14.3 Å². The molecule has 3 heterocycles. The van der Waals surface area contributed by atoms with Gasteiger partial charge in [-0.3, -0.25) is 9.59 Å². The van der Waals surface area contributed by atoms with Gasteiger partial charge in [-0.2, -0.15) is 0 Å². The van der Waals surface area contributed by atoms with Crippen molar-refractivity contribution in [2.24, 2.45) is 11.8 Å². The van der Waals surface area contributed by atoms with Gasteiger partial charge in [0, 0.05) is 5.02 Å². The highest BCUT2D eigenvalue weighted by Crippen LogP contribution is 2.52. The van der Waals surface area contributed by atoms with Crippen molar-refractivity contribution in [2.75, 3.05) is 4.90 Å². The van der Waals surface area contributed by atoms with E-state index in [0.717, 1.165) is 0 Å². The highest BCUT2D eigenvalue weighted by atomic mass is 35.5. The number of fused-ring (bicyclic) bond motifs is 5. The molecule has 0 aliphatic carbocycles. The number of carbonyl (C=O) groups is 2. The van der Waals surface area contributed by atoms with E-state index in [1.165, 1.54) is 4.90 Å². The van der Waals surface area contributed by atoms with Crippen molar-refractivity contribution in [3.63, 3.8) is 0 Å². The van der Waals surface area contributed by atoms with Gasteiger partial charge in [-0.05, 0) is 31.2 Å². The van der Waals surface area contributed by atoms with Crippen LogP contribution in [0.15, 0.2) is 36.4 Å². The number of halogens is 1. The van der Waals surface area contributed by atoms with E-state index in [1.54, 1.807) is 24.3 Å². The van der Waals surface area contributed by atoms with Gasteiger partial charge in [0.25, 0.3) is 0 Å². The SMILES string of the molecule is C[C@@]12C=C[C@H](O1)[C@@H]1C(=O)N(c3ccc(Cl)cc3)C(=O)[C@@H]12. The van der Waals surface area contributed by atoms with E-state index in [1.807, 2.05) is 19.1 Å². The maximum atomic E-state index is 12.6. The molecule has 0 unspecified atom stereocenters. The number of amides is 2. The van der Waals surface area contributed by atoms with Crippen LogP contribution in [0.3, 0.4) is 0 Å². The third-order valence-corrected chi connectivity index (χ3v) is 4.67. The summed E-state index contributed by atoms with van der Waals surface area (Å²) in [6, 6.07) is 6.74. The topological polar surface area (TPSA) is 46.6 Å². The lowest BCUT2D eigenvalue weighted by Gasteiger charge is -2.24. The fourth-order valence-corrected chi connectivity index (χ4v) is 3.62. The summed E-state index contributed by atoms with van der Waals surface area (Å²) >= 11 is 5.85. The molecule has 1 aromatic carbocycles. The van der Waals surface area contributed by atoms with Crippen LogP contribution >= 0.6 is 11.6 Å². The Labute approximate surface area is 121 Å². The lowest BCUT2D eigenvalue weighted by atomic mass is 9.78. The first kappa shape index (κ1) is 12.1.